The number of piperidine rings is 3. The Morgan fingerprint density at radius 3 is 2.33 bits per heavy atom. The zero-order valence-corrected chi connectivity index (χ0v) is 27.7. The molecule has 0 saturated carbocycles. The number of hydrogen-bond acceptors (Lipinski definition) is 9. The van der Waals surface area contributed by atoms with Crippen LogP contribution in [0.25, 0.3) is 0 Å². The second-order valence-corrected chi connectivity index (χ2v) is 14.0. The summed E-state index contributed by atoms with van der Waals surface area (Å²) in [4.78, 5) is 52.2. The maximum absolute atomic E-state index is 13.1. The molecular formula is C37H44N6O5. The Labute approximate surface area is 281 Å². The zero-order chi connectivity index (χ0) is 33.4. The Hall–Kier alpha value is -4.35. The van der Waals surface area contributed by atoms with E-state index in [9.17, 15) is 19.5 Å². The SMILES string of the molecule is CC(C)c1cnc(OC2CCN(c3ccc(CN4CCC(O)(c5ccc6c(c5)CN(C5CCC(=O)NC5=O)C6=O)CC4)cc3)CC2)nc1. The molecule has 1 unspecified atom stereocenters. The van der Waals surface area contributed by atoms with E-state index in [1.165, 1.54) is 11.3 Å². The lowest BCUT2D eigenvalue weighted by molar-refractivity contribution is -0.136. The van der Waals surface area contributed by atoms with Crippen LogP contribution in [-0.2, 0) is 28.3 Å². The van der Waals surface area contributed by atoms with Crippen LogP contribution < -0.4 is 15.0 Å². The van der Waals surface area contributed by atoms with E-state index in [-0.39, 0.29) is 24.3 Å². The number of aromatic nitrogens is 2. The molecule has 11 heteroatoms. The van der Waals surface area contributed by atoms with E-state index >= 15 is 0 Å². The first-order chi connectivity index (χ1) is 23.1. The number of fused-ring (bicyclic) bond motifs is 1. The van der Waals surface area contributed by atoms with Crippen molar-refractivity contribution in [3.8, 4) is 6.01 Å². The summed E-state index contributed by atoms with van der Waals surface area (Å²) in [7, 11) is 0. The normalized spacial score (nSPS) is 21.8. The number of nitrogens with zero attached hydrogens (tertiary/aromatic N) is 5. The summed E-state index contributed by atoms with van der Waals surface area (Å²) < 4.78 is 6.07. The average Bonchev–Trinajstić information content (AvgIpc) is 3.42. The summed E-state index contributed by atoms with van der Waals surface area (Å²) in [5, 5.41) is 14.0. The monoisotopic (exact) mass is 652 g/mol. The van der Waals surface area contributed by atoms with Crippen LogP contribution in [0.15, 0.2) is 54.9 Å². The van der Waals surface area contributed by atoms with Crippen molar-refractivity contribution in [3.05, 3.63) is 82.7 Å². The van der Waals surface area contributed by atoms with Gasteiger partial charge in [-0.3, -0.25) is 24.6 Å². The molecule has 3 fully saturated rings. The summed E-state index contributed by atoms with van der Waals surface area (Å²) in [6, 6.07) is 14.2. The minimum Gasteiger partial charge on any atom is -0.460 e. The molecule has 4 aliphatic rings. The van der Waals surface area contributed by atoms with Gasteiger partial charge in [0.1, 0.15) is 12.1 Å². The van der Waals surface area contributed by atoms with Crippen LogP contribution in [0.4, 0.5) is 5.69 Å². The van der Waals surface area contributed by atoms with Gasteiger partial charge in [-0.1, -0.05) is 38.1 Å². The third-order valence-corrected chi connectivity index (χ3v) is 10.5. The third kappa shape index (κ3) is 6.66. The highest BCUT2D eigenvalue weighted by Crippen LogP contribution is 2.37. The number of anilines is 1. The van der Waals surface area contributed by atoms with E-state index in [2.05, 4.69) is 63.2 Å². The van der Waals surface area contributed by atoms with Crippen LogP contribution in [0.1, 0.15) is 90.9 Å². The predicted molar refractivity (Wildman–Crippen MR) is 179 cm³/mol. The van der Waals surface area contributed by atoms with Crippen molar-refractivity contribution in [3.63, 3.8) is 0 Å². The van der Waals surface area contributed by atoms with Crippen molar-refractivity contribution >= 4 is 23.4 Å². The highest BCUT2D eigenvalue weighted by atomic mass is 16.5. The highest BCUT2D eigenvalue weighted by Gasteiger charge is 2.41. The topological polar surface area (TPSA) is 128 Å². The number of carbonyl (C=O) groups is 3. The molecular weight excluding hydrogens is 608 g/mol. The number of imide groups is 1. The standard InChI is InChI=1S/C37H44N6O5/c1-24(2)27-20-38-36(39-21-27)48-30-11-15-42(16-12-30)29-6-3-25(4-7-29)22-41-17-13-37(47,14-18-41)28-5-8-31-26(19-28)23-43(35(31)46)32-9-10-33(44)40-34(32)45/h3-8,19-21,24,30,32,47H,9-18,22-23H2,1-2H3,(H,40,44,45). The Bertz CT molecular complexity index is 1660. The Balaban J connectivity index is 0.890. The molecule has 48 heavy (non-hydrogen) atoms. The summed E-state index contributed by atoms with van der Waals surface area (Å²) >= 11 is 0. The molecule has 1 aromatic heterocycles. The van der Waals surface area contributed by atoms with Gasteiger partial charge >= 0.3 is 6.01 Å². The van der Waals surface area contributed by atoms with E-state index in [1.807, 2.05) is 24.5 Å². The molecule has 7 rings (SSSR count). The van der Waals surface area contributed by atoms with E-state index in [0.717, 1.165) is 62.3 Å². The number of likely N-dealkylation sites (tertiary alicyclic amines) is 1. The zero-order valence-electron chi connectivity index (χ0n) is 27.7. The van der Waals surface area contributed by atoms with E-state index < -0.39 is 17.6 Å². The molecule has 3 amide bonds. The van der Waals surface area contributed by atoms with Crippen LogP contribution in [0.5, 0.6) is 6.01 Å². The minimum absolute atomic E-state index is 0.120. The fraction of sp³-hybridized carbons (Fsp3) is 0.486. The first-order valence-corrected chi connectivity index (χ1v) is 17.2. The Morgan fingerprint density at radius 1 is 0.958 bits per heavy atom. The van der Waals surface area contributed by atoms with Gasteiger partial charge in [0.05, 0.1) is 5.60 Å². The molecule has 3 aromatic rings. The van der Waals surface area contributed by atoms with E-state index in [0.29, 0.717) is 43.3 Å². The molecule has 5 heterocycles. The first kappa shape index (κ1) is 32.2. The number of aliphatic hydroxyl groups is 1. The summed E-state index contributed by atoms with van der Waals surface area (Å²) in [5.74, 6) is -0.519. The van der Waals surface area contributed by atoms with Crippen LogP contribution in [0, 0.1) is 0 Å². The Kier molecular flexibility index (Phi) is 8.91. The molecule has 4 aliphatic heterocycles. The molecule has 2 N–H and O–H groups in total. The fourth-order valence-corrected chi connectivity index (χ4v) is 7.37. The molecule has 0 aliphatic carbocycles. The summed E-state index contributed by atoms with van der Waals surface area (Å²) in [6.07, 6.45) is 7.42. The van der Waals surface area contributed by atoms with Crippen molar-refractivity contribution in [1.82, 2.24) is 25.1 Å². The highest BCUT2D eigenvalue weighted by molar-refractivity contribution is 6.05. The lowest BCUT2D eigenvalue weighted by atomic mass is 9.83. The molecule has 0 radical (unpaired) electrons. The lowest BCUT2D eigenvalue weighted by Gasteiger charge is -2.39. The van der Waals surface area contributed by atoms with Crippen LogP contribution in [-0.4, -0.2) is 80.9 Å². The van der Waals surface area contributed by atoms with Crippen molar-refractivity contribution in [1.29, 1.82) is 0 Å². The molecule has 3 saturated heterocycles. The Morgan fingerprint density at radius 2 is 1.67 bits per heavy atom. The van der Waals surface area contributed by atoms with Gasteiger partial charge < -0.3 is 19.6 Å². The van der Waals surface area contributed by atoms with E-state index in [1.54, 1.807) is 11.0 Å². The predicted octanol–water partition coefficient (Wildman–Crippen LogP) is 3.89. The lowest BCUT2D eigenvalue weighted by Crippen LogP contribution is -2.52. The van der Waals surface area contributed by atoms with Gasteiger partial charge in [0.2, 0.25) is 11.8 Å². The van der Waals surface area contributed by atoms with Gasteiger partial charge in [-0.05, 0) is 65.6 Å². The van der Waals surface area contributed by atoms with Crippen LogP contribution in [0.3, 0.4) is 0 Å². The molecule has 0 bridgehead atoms. The second kappa shape index (κ2) is 13.3. The first-order valence-electron chi connectivity index (χ1n) is 17.2. The van der Waals surface area contributed by atoms with Gasteiger partial charge in [-0.15, -0.1) is 0 Å². The van der Waals surface area contributed by atoms with Crippen molar-refractivity contribution in [2.75, 3.05) is 31.1 Å². The average molecular weight is 653 g/mol. The molecule has 2 aromatic carbocycles. The number of hydrogen-bond donors (Lipinski definition) is 2. The summed E-state index contributed by atoms with van der Waals surface area (Å²) in [5.41, 5.74) is 4.80. The largest absolute Gasteiger partial charge is 0.460 e. The number of amides is 3. The number of rotatable bonds is 8. The molecule has 0 spiro atoms. The van der Waals surface area contributed by atoms with Crippen molar-refractivity contribution in [2.45, 2.75) is 89.1 Å². The number of carbonyl (C=O) groups excluding carboxylic acids is 3. The maximum atomic E-state index is 13.1. The smallest absolute Gasteiger partial charge is 0.316 e. The number of nitrogens with one attached hydrogen (secondary N) is 1. The van der Waals surface area contributed by atoms with Crippen LogP contribution in [0.2, 0.25) is 0 Å². The van der Waals surface area contributed by atoms with E-state index in [4.69, 9.17) is 4.74 Å². The summed E-state index contributed by atoms with van der Waals surface area (Å²) in [6.45, 7) is 8.74. The van der Waals surface area contributed by atoms with Crippen molar-refractivity contribution in [2.24, 2.45) is 0 Å². The third-order valence-electron chi connectivity index (χ3n) is 10.5. The van der Waals surface area contributed by atoms with Gasteiger partial charge in [0, 0.05) is 82.2 Å². The van der Waals surface area contributed by atoms with Crippen LogP contribution >= 0.6 is 0 Å². The second-order valence-electron chi connectivity index (χ2n) is 14.0. The molecule has 1 atom stereocenters. The molecule has 252 valence electrons. The quantitative estimate of drug-likeness (QED) is 0.349. The maximum Gasteiger partial charge on any atom is 0.316 e. The molecule has 11 nitrogen and oxygen atoms in total. The van der Waals surface area contributed by atoms with Gasteiger partial charge in [0.15, 0.2) is 0 Å². The van der Waals surface area contributed by atoms with Gasteiger partial charge in [-0.2, -0.15) is 0 Å². The van der Waals surface area contributed by atoms with Gasteiger partial charge in [-0.25, -0.2) is 9.97 Å². The fourth-order valence-electron chi connectivity index (χ4n) is 7.37. The number of ether oxygens (including phenoxy) is 1. The van der Waals surface area contributed by atoms with Gasteiger partial charge in [0.25, 0.3) is 5.91 Å². The minimum atomic E-state index is -0.972. The van der Waals surface area contributed by atoms with Crippen molar-refractivity contribution < 1.29 is 24.2 Å². The number of benzene rings is 2.